The van der Waals surface area contributed by atoms with E-state index < -0.39 is 5.60 Å². The molecule has 10 nitrogen and oxygen atoms in total. The van der Waals surface area contributed by atoms with Crippen LogP contribution in [0.3, 0.4) is 0 Å². The predicted octanol–water partition coefficient (Wildman–Crippen LogP) is 3.67. The van der Waals surface area contributed by atoms with E-state index in [0.717, 1.165) is 47.5 Å². The number of nitrogens with one attached hydrogen (secondary N) is 1. The van der Waals surface area contributed by atoms with Gasteiger partial charge in [0.15, 0.2) is 0 Å². The Balaban J connectivity index is 1.26. The summed E-state index contributed by atoms with van der Waals surface area (Å²) in [5.41, 5.74) is 4.20. The van der Waals surface area contributed by atoms with Crippen LogP contribution in [-0.4, -0.2) is 76.4 Å². The summed E-state index contributed by atoms with van der Waals surface area (Å²) in [5.74, 6) is 0.959. The van der Waals surface area contributed by atoms with Gasteiger partial charge in [0.05, 0.1) is 24.7 Å². The van der Waals surface area contributed by atoms with Crippen molar-refractivity contribution >= 4 is 23.2 Å². The van der Waals surface area contributed by atoms with E-state index in [4.69, 9.17) is 14.5 Å². The lowest BCUT2D eigenvalue weighted by atomic mass is 10.1. The van der Waals surface area contributed by atoms with E-state index in [1.165, 1.54) is 0 Å². The number of rotatable bonds is 6. The quantitative estimate of drug-likeness (QED) is 0.529. The van der Waals surface area contributed by atoms with Crippen LogP contribution in [0.1, 0.15) is 39.2 Å². The van der Waals surface area contributed by atoms with Gasteiger partial charge in [0.2, 0.25) is 11.8 Å². The first-order valence-corrected chi connectivity index (χ1v) is 13.2. The molecule has 2 aromatic heterocycles. The fourth-order valence-electron chi connectivity index (χ4n) is 4.87. The first-order chi connectivity index (χ1) is 18.2. The third-order valence-electron chi connectivity index (χ3n) is 6.93. The van der Waals surface area contributed by atoms with Gasteiger partial charge >= 0.3 is 6.09 Å². The van der Waals surface area contributed by atoms with Crippen LogP contribution in [0.5, 0.6) is 5.88 Å². The molecule has 0 aliphatic carbocycles. The van der Waals surface area contributed by atoms with E-state index in [-0.39, 0.29) is 12.0 Å². The number of benzene rings is 1. The summed E-state index contributed by atoms with van der Waals surface area (Å²) >= 11 is 0. The summed E-state index contributed by atoms with van der Waals surface area (Å²) in [4.78, 5) is 32.7. The molecule has 0 bridgehead atoms. The lowest BCUT2D eigenvalue weighted by molar-refractivity contribution is -0.119. The number of piperazine rings is 1. The van der Waals surface area contributed by atoms with Crippen molar-refractivity contribution in [3.63, 3.8) is 0 Å². The van der Waals surface area contributed by atoms with E-state index >= 15 is 0 Å². The summed E-state index contributed by atoms with van der Waals surface area (Å²) in [5, 5.41) is 7.36. The maximum absolute atomic E-state index is 12.4. The number of ether oxygens (including phenoxy) is 2. The third kappa shape index (κ3) is 5.84. The van der Waals surface area contributed by atoms with Crippen LogP contribution in [0, 0.1) is 12.8 Å². The summed E-state index contributed by atoms with van der Waals surface area (Å²) in [6.07, 6.45) is 4.82. The molecule has 2 saturated heterocycles. The fraction of sp³-hybridized carbons (Fsp3) is 0.500. The van der Waals surface area contributed by atoms with E-state index in [1.54, 1.807) is 4.90 Å². The van der Waals surface area contributed by atoms with Gasteiger partial charge in [0, 0.05) is 56.0 Å². The topological polar surface area (TPSA) is 101 Å². The zero-order valence-corrected chi connectivity index (χ0v) is 22.6. The minimum Gasteiger partial charge on any atom is -0.476 e. The van der Waals surface area contributed by atoms with Crippen LogP contribution >= 0.6 is 0 Å². The zero-order chi connectivity index (χ0) is 26.9. The Kier molecular flexibility index (Phi) is 7.14. The van der Waals surface area contributed by atoms with Gasteiger partial charge < -0.3 is 24.6 Å². The number of aromatic nitrogens is 3. The highest BCUT2D eigenvalue weighted by molar-refractivity contribution is 5.78. The van der Waals surface area contributed by atoms with Crippen LogP contribution in [0.4, 0.5) is 10.5 Å². The second-order valence-electron chi connectivity index (χ2n) is 11.1. The van der Waals surface area contributed by atoms with Crippen molar-refractivity contribution in [1.29, 1.82) is 0 Å². The van der Waals surface area contributed by atoms with Crippen LogP contribution < -0.4 is 15.0 Å². The third-order valence-corrected chi connectivity index (χ3v) is 6.93. The molecule has 1 atom stereocenters. The number of amides is 2. The molecule has 2 amide bonds. The second kappa shape index (κ2) is 10.5. The van der Waals surface area contributed by atoms with Crippen LogP contribution in [0.15, 0.2) is 36.7 Å². The highest BCUT2D eigenvalue weighted by Crippen LogP contribution is 2.28. The molecular weight excluding hydrogens is 484 g/mol. The molecule has 2 aliphatic rings. The first kappa shape index (κ1) is 25.8. The molecule has 0 radical (unpaired) electrons. The van der Waals surface area contributed by atoms with Gasteiger partial charge in [0.25, 0.3) is 0 Å². The van der Waals surface area contributed by atoms with E-state index in [0.29, 0.717) is 44.5 Å². The molecule has 2 fully saturated rings. The monoisotopic (exact) mass is 520 g/mol. The van der Waals surface area contributed by atoms with Crippen molar-refractivity contribution in [1.82, 2.24) is 24.8 Å². The molecule has 1 aromatic carbocycles. The highest BCUT2D eigenvalue weighted by atomic mass is 16.6. The summed E-state index contributed by atoms with van der Waals surface area (Å²) < 4.78 is 13.5. The van der Waals surface area contributed by atoms with Crippen molar-refractivity contribution in [3.8, 4) is 17.1 Å². The number of aryl methyl sites for hydroxylation is 1. The van der Waals surface area contributed by atoms with Gasteiger partial charge in [-0.05, 0) is 52.2 Å². The molecule has 0 saturated carbocycles. The Hall–Kier alpha value is -3.82. The van der Waals surface area contributed by atoms with Crippen molar-refractivity contribution in [2.24, 2.45) is 5.92 Å². The van der Waals surface area contributed by atoms with Crippen LogP contribution in [-0.2, 0) is 9.53 Å². The van der Waals surface area contributed by atoms with E-state index in [9.17, 15) is 9.59 Å². The Morgan fingerprint density at radius 2 is 1.87 bits per heavy atom. The average Bonchev–Trinajstić information content (AvgIpc) is 3.48. The smallest absolute Gasteiger partial charge is 0.410 e. The Morgan fingerprint density at radius 3 is 2.53 bits per heavy atom. The van der Waals surface area contributed by atoms with Gasteiger partial charge in [-0.2, -0.15) is 5.10 Å². The maximum atomic E-state index is 12.4. The van der Waals surface area contributed by atoms with Crippen molar-refractivity contribution in [2.45, 2.75) is 46.1 Å². The molecule has 0 unspecified atom stereocenters. The number of nitrogens with zero attached hydrogens (tertiary/aromatic N) is 5. The number of hydrogen-bond acceptors (Lipinski definition) is 7. The van der Waals surface area contributed by atoms with Crippen molar-refractivity contribution in [2.75, 3.05) is 44.2 Å². The van der Waals surface area contributed by atoms with Gasteiger partial charge in [-0.25, -0.2) is 14.3 Å². The standard InChI is InChI=1S/C28H36N6O4/c1-19-16-30-34-18-23(31-26(25(19)34)37-14-9-20-15-24(35)29-17-20)21-5-7-22(8-6-21)32-10-12-33(13-11-32)27(36)38-28(2,3)4/h5-8,16,18,20H,9-15,17H2,1-4H3,(H,29,35)/t20-/m1/s1. The SMILES string of the molecule is Cc1cnn2cc(-c3ccc(N4CCN(C(=O)OC(C)(C)C)CC4)cc3)nc(OCC[C@H]3CNC(=O)C3)c12. The number of anilines is 1. The zero-order valence-electron chi connectivity index (χ0n) is 22.6. The average molecular weight is 521 g/mol. The predicted molar refractivity (Wildman–Crippen MR) is 144 cm³/mol. The van der Waals surface area contributed by atoms with E-state index in [1.807, 2.05) is 44.6 Å². The molecule has 0 spiro atoms. The Labute approximate surface area is 222 Å². The van der Waals surface area contributed by atoms with Crippen LogP contribution in [0.25, 0.3) is 16.8 Å². The van der Waals surface area contributed by atoms with Crippen molar-refractivity contribution < 1.29 is 19.1 Å². The van der Waals surface area contributed by atoms with Gasteiger partial charge in [-0.3, -0.25) is 4.79 Å². The minimum absolute atomic E-state index is 0.109. The summed E-state index contributed by atoms with van der Waals surface area (Å²) in [6.45, 7) is 11.6. The molecule has 1 N–H and O–H groups in total. The minimum atomic E-state index is -0.491. The van der Waals surface area contributed by atoms with Crippen LogP contribution in [0.2, 0.25) is 0 Å². The fourth-order valence-corrected chi connectivity index (χ4v) is 4.87. The summed E-state index contributed by atoms with van der Waals surface area (Å²) in [6, 6.07) is 8.28. The van der Waals surface area contributed by atoms with Gasteiger partial charge in [-0.1, -0.05) is 12.1 Å². The largest absolute Gasteiger partial charge is 0.476 e. The van der Waals surface area contributed by atoms with Crippen molar-refractivity contribution in [3.05, 3.63) is 42.2 Å². The Morgan fingerprint density at radius 1 is 1.13 bits per heavy atom. The number of hydrogen-bond donors (Lipinski definition) is 1. The molecule has 202 valence electrons. The summed E-state index contributed by atoms with van der Waals surface area (Å²) in [7, 11) is 0. The molecule has 38 heavy (non-hydrogen) atoms. The Bertz CT molecular complexity index is 1310. The first-order valence-electron chi connectivity index (χ1n) is 13.2. The highest BCUT2D eigenvalue weighted by Gasteiger charge is 2.26. The van der Waals surface area contributed by atoms with Gasteiger partial charge in [-0.15, -0.1) is 0 Å². The number of fused-ring (bicyclic) bond motifs is 1. The second-order valence-corrected chi connectivity index (χ2v) is 11.1. The molecular formula is C28H36N6O4. The molecule has 10 heteroatoms. The molecule has 3 aromatic rings. The lowest BCUT2D eigenvalue weighted by Gasteiger charge is -2.36. The lowest BCUT2D eigenvalue weighted by Crippen LogP contribution is -2.50. The van der Waals surface area contributed by atoms with Gasteiger partial charge in [0.1, 0.15) is 11.1 Å². The van der Waals surface area contributed by atoms with E-state index in [2.05, 4.69) is 39.6 Å². The molecule has 4 heterocycles. The number of carbonyl (C=O) groups excluding carboxylic acids is 2. The maximum Gasteiger partial charge on any atom is 0.410 e. The normalized spacial score (nSPS) is 18.1. The number of carbonyl (C=O) groups is 2. The molecule has 2 aliphatic heterocycles. The molecule has 5 rings (SSSR count).